The number of hydrogen-bond acceptors (Lipinski definition) is 3. The van der Waals surface area contributed by atoms with Crippen molar-refractivity contribution in [2.24, 2.45) is 0 Å². The molecule has 0 radical (unpaired) electrons. The second-order valence-corrected chi connectivity index (χ2v) is 4.48. The summed E-state index contributed by atoms with van der Waals surface area (Å²) < 4.78 is 1.88. The largest absolute Gasteiger partial charge is 0.395 e. The minimum absolute atomic E-state index is 0.101. The van der Waals surface area contributed by atoms with E-state index in [9.17, 15) is 0 Å². The summed E-state index contributed by atoms with van der Waals surface area (Å²) in [6.45, 7) is 4.82. The Balaban J connectivity index is 2.12. The van der Waals surface area contributed by atoms with E-state index < -0.39 is 0 Å². The minimum atomic E-state index is 0.101. The average molecular weight is 245 g/mol. The second-order valence-electron chi connectivity index (χ2n) is 4.48. The van der Waals surface area contributed by atoms with Crippen molar-refractivity contribution in [2.45, 2.75) is 26.4 Å². The molecule has 0 aliphatic carbocycles. The summed E-state index contributed by atoms with van der Waals surface area (Å²) in [5.74, 6) is 0. The second kappa shape index (κ2) is 5.80. The van der Waals surface area contributed by atoms with Gasteiger partial charge >= 0.3 is 0 Å². The molecule has 0 fully saturated rings. The molecule has 0 saturated carbocycles. The van der Waals surface area contributed by atoms with Gasteiger partial charge in [0.1, 0.15) is 0 Å². The van der Waals surface area contributed by atoms with Crippen LogP contribution in [0.1, 0.15) is 18.2 Å². The van der Waals surface area contributed by atoms with E-state index in [2.05, 4.69) is 10.4 Å². The third kappa shape index (κ3) is 2.97. The van der Waals surface area contributed by atoms with E-state index in [-0.39, 0.29) is 12.6 Å². The van der Waals surface area contributed by atoms with Gasteiger partial charge in [-0.05, 0) is 26.0 Å². The summed E-state index contributed by atoms with van der Waals surface area (Å²) in [7, 11) is 0. The third-order valence-corrected chi connectivity index (χ3v) is 2.94. The molecule has 0 aliphatic heterocycles. The molecule has 2 aromatic rings. The van der Waals surface area contributed by atoms with Crippen molar-refractivity contribution >= 4 is 0 Å². The van der Waals surface area contributed by atoms with Gasteiger partial charge < -0.3 is 10.4 Å². The van der Waals surface area contributed by atoms with Gasteiger partial charge in [-0.25, -0.2) is 4.68 Å². The number of aromatic nitrogens is 2. The SMILES string of the molecule is Cc1nn(-c2ccccc2)cc1CNC(C)CO. The standard InChI is InChI=1S/C14H19N3O/c1-11(10-18)15-8-13-9-17(16-12(13)2)14-6-4-3-5-7-14/h3-7,9,11,15,18H,8,10H2,1-2H3. The smallest absolute Gasteiger partial charge is 0.0645 e. The molecule has 2 rings (SSSR count). The Morgan fingerprint density at radius 3 is 2.72 bits per heavy atom. The van der Waals surface area contributed by atoms with E-state index in [1.54, 1.807) is 0 Å². The lowest BCUT2D eigenvalue weighted by Gasteiger charge is -2.09. The molecule has 1 atom stereocenters. The Labute approximate surface area is 107 Å². The zero-order valence-electron chi connectivity index (χ0n) is 10.8. The molecule has 96 valence electrons. The Morgan fingerprint density at radius 2 is 2.06 bits per heavy atom. The number of hydrogen-bond donors (Lipinski definition) is 2. The molecule has 4 nitrogen and oxygen atoms in total. The fraction of sp³-hybridized carbons (Fsp3) is 0.357. The lowest BCUT2D eigenvalue weighted by Crippen LogP contribution is -2.28. The molecular formula is C14H19N3O. The predicted octanol–water partition coefficient (Wildman–Crippen LogP) is 1.65. The number of aryl methyl sites for hydroxylation is 1. The lowest BCUT2D eigenvalue weighted by atomic mass is 10.2. The Hall–Kier alpha value is -1.65. The van der Waals surface area contributed by atoms with Gasteiger partial charge in [0.15, 0.2) is 0 Å². The fourth-order valence-corrected chi connectivity index (χ4v) is 1.73. The predicted molar refractivity (Wildman–Crippen MR) is 71.7 cm³/mol. The molecule has 18 heavy (non-hydrogen) atoms. The number of benzene rings is 1. The van der Waals surface area contributed by atoms with Crippen LogP contribution in [0.25, 0.3) is 5.69 Å². The van der Waals surface area contributed by atoms with E-state index in [0.29, 0.717) is 0 Å². The van der Waals surface area contributed by atoms with Crippen LogP contribution in [-0.4, -0.2) is 27.5 Å². The first-order valence-electron chi connectivity index (χ1n) is 6.15. The van der Waals surface area contributed by atoms with Gasteiger partial charge in [0.25, 0.3) is 0 Å². The van der Waals surface area contributed by atoms with Crippen molar-refractivity contribution in [2.75, 3.05) is 6.61 Å². The summed E-state index contributed by atoms with van der Waals surface area (Å²) in [6, 6.07) is 10.1. The van der Waals surface area contributed by atoms with Crippen LogP contribution in [0.3, 0.4) is 0 Å². The highest BCUT2D eigenvalue weighted by Crippen LogP contribution is 2.11. The maximum Gasteiger partial charge on any atom is 0.0645 e. The van der Waals surface area contributed by atoms with Gasteiger partial charge in [-0.15, -0.1) is 0 Å². The number of rotatable bonds is 5. The zero-order chi connectivity index (χ0) is 13.0. The van der Waals surface area contributed by atoms with Crippen molar-refractivity contribution in [3.8, 4) is 5.69 Å². The Kier molecular flexibility index (Phi) is 4.12. The fourth-order valence-electron chi connectivity index (χ4n) is 1.73. The molecule has 4 heteroatoms. The number of aliphatic hydroxyl groups excluding tert-OH is 1. The van der Waals surface area contributed by atoms with Gasteiger partial charge in [-0.3, -0.25) is 0 Å². The van der Waals surface area contributed by atoms with Gasteiger partial charge in [-0.2, -0.15) is 5.10 Å². The maximum atomic E-state index is 8.98. The summed E-state index contributed by atoms with van der Waals surface area (Å²) in [5.41, 5.74) is 3.22. The van der Waals surface area contributed by atoms with Crippen LogP contribution >= 0.6 is 0 Å². The Bertz CT molecular complexity index is 493. The number of aliphatic hydroxyl groups is 1. The van der Waals surface area contributed by atoms with E-state index in [0.717, 1.165) is 23.5 Å². The van der Waals surface area contributed by atoms with Gasteiger partial charge in [0.2, 0.25) is 0 Å². The molecule has 0 spiro atoms. The number of nitrogens with one attached hydrogen (secondary N) is 1. The maximum absolute atomic E-state index is 8.98. The molecule has 2 N–H and O–H groups in total. The lowest BCUT2D eigenvalue weighted by molar-refractivity contribution is 0.251. The summed E-state index contributed by atoms with van der Waals surface area (Å²) in [6.07, 6.45) is 2.03. The monoisotopic (exact) mass is 245 g/mol. The van der Waals surface area contributed by atoms with Crippen LogP contribution in [0.2, 0.25) is 0 Å². The van der Waals surface area contributed by atoms with E-state index >= 15 is 0 Å². The van der Waals surface area contributed by atoms with E-state index in [1.165, 1.54) is 0 Å². The Morgan fingerprint density at radius 1 is 1.33 bits per heavy atom. The molecular weight excluding hydrogens is 226 g/mol. The highest BCUT2D eigenvalue weighted by atomic mass is 16.3. The van der Waals surface area contributed by atoms with Crippen LogP contribution in [0.4, 0.5) is 0 Å². The first kappa shape index (κ1) is 12.8. The molecule has 1 heterocycles. The summed E-state index contributed by atoms with van der Waals surface area (Å²) in [5, 5.41) is 16.7. The van der Waals surface area contributed by atoms with Crippen molar-refractivity contribution < 1.29 is 5.11 Å². The highest BCUT2D eigenvalue weighted by molar-refractivity contribution is 5.32. The molecule has 0 saturated heterocycles. The number of para-hydroxylation sites is 1. The van der Waals surface area contributed by atoms with Crippen LogP contribution < -0.4 is 5.32 Å². The van der Waals surface area contributed by atoms with Crippen molar-refractivity contribution in [3.05, 3.63) is 47.8 Å². The quantitative estimate of drug-likeness (QED) is 0.842. The topological polar surface area (TPSA) is 50.1 Å². The normalized spacial score (nSPS) is 12.6. The van der Waals surface area contributed by atoms with Crippen molar-refractivity contribution in [1.29, 1.82) is 0 Å². The van der Waals surface area contributed by atoms with Crippen LogP contribution in [0.5, 0.6) is 0 Å². The van der Waals surface area contributed by atoms with Crippen molar-refractivity contribution in [3.63, 3.8) is 0 Å². The summed E-state index contributed by atoms with van der Waals surface area (Å²) in [4.78, 5) is 0. The third-order valence-electron chi connectivity index (χ3n) is 2.94. The van der Waals surface area contributed by atoms with E-state index in [1.807, 2.05) is 55.1 Å². The van der Waals surface area contributed by atoms with Crippen molar-refractivity contribution in [1.82, 2.24) is 15.1 Å². The molecule has 0 amide bonds. The minimum Gasteiger partial charge on any atom is -0.395 e. The van der Waals surface area contributed by atoms with Gasteiger partial charge in [0.05, 0.1) is 18.0 Å². The first-order valence-corrected chi connectivity index (χ1v) is 6.15. The van der Waals surface area contributed by atoms with Crippen LogP contribution in [0, 0.1) is 6.92 Å². The molecule has 0 aliphatic rings. The van der Waals surface area contributed by atoms with Gasteiger partial charge in [0, 0.05) is 24.3 Å². The average Bonchev–Trinajstić information content (AvgIpc) is 2.78. The van der Waals surface area contributed by atoms with Crippen LogP contribution in [-0.2, 0) is 6.54 Å². The van der Waals surface area contributed by atoms with Gasteiger partial charge in [-0.1, -0.05) is 18.2 Å². The summed E-state index contributed by atoms with van der Waals surface area (Å²) >= 11 is 0. The molecule has 0 bridgehead atoms. The first-order chi connectivity index (χ1) is 8.70. The molecule has 1 unspecified atom stereocenters. The molecule has 1 aromatic carbocycles. The number of nitrogens with zero attached hydrogens (tertiary/aromatic N) is 2. The zero-order valence-corrected chi connectivity index (χ0v) is 10.8. The van der Waals surface area contributed by atoms with Crippen LogP contribution in [0.15, 0.2) is 36.5 Å². The molecule has 1 aromatic heterocycles. The highest BCUT2D eigenvalue weighted by Gasteiger charge is 2.07. The van der Waals surface area contributed by atoms with E-state index in [4.69, 9.17) is 5.11 Å².